The topological polar surface area (TPSA) is 98.4 Å². The Labute approximate surface area is 143 Å². The molecule has 0 radical (unpaired) electrons. The van der Waals surface area contributed by atoms with Gasteiger partial charge in [0.05, 0.1) is 34.9 Å². The monoisotopic (exact) mass is 340 g/mol. The van der Waals surface area contributed by atoms with Crippen molar-refractivity contribution in [2.24, 2.45) is 0 Å². The number of carbonyl (C=O) groups is 1. The molecule has 3 aromatic rings. The Kier molecular flexibility index (Phi) is 4.14. The van der Waals surface area contributed by atoms with E-state index in [4.69, 9.17) is 9.15 Å². The van der Waals surface area contributed by atoms with Crippen LogP contribution in [0.3, 0.4) is 0 Å². The fourth-order valence-electron chi connectivity index (χ4n) is 2.70. The minimum atomic E-state index is -0.475. The number of ether oxygens (including phenoxy) is 1. The highest BCUT2D eigenvalue weighted by Gasteiger charge is 2.21. The van der Waals surface area contributed by atoms with E-state index in [0.717, 1.165) is 0 Å². The zero-order chi connectivity index (χ0) is 18.1. The smallest absolute Gasteiger partial charge is 0.273 e. The molecule has 7 nitrogen and oxygen atoms in total. The summed E-state index contributed by atoms with van der Waals surface area (Å²) in [7, 11) is 1.45. The number of methoxy groups -OCH3 is 1. The largest absolute Gasteiger partial charge is 0.494 e. The predicted octanol–water partition coefficient (Wildman–Crippen LogP) is 4.26. The molecule has 1 N–H and O–H groups in total. The molecule has 0 fully saturated rings. The molecule has 25 heavy (non-hydrogen) atoms. The zero-order valence-corrected chi connectivity index (χ0v) is 14.0. The van der Waals surface area contributed by atoms with Crippen LogP contribution in [0.15, 0.2) is 34.8 Å². The minimum Gasteiger partial charge on any atom is -0.494 e. The standard InChI is InChI=1S/C18H16N2O5/c1-10(21)4-6-14-17(15-7-5-11(2)25-15)13-8-12(20(22)23)9-16(24-3)18(13)19-14/h4-9,19H,1-3H3/b6-4+. The quantitative estimate of drug-likeness (QED) is 0.425. The Morgan fingerprint density at radius 2 is 2.12 bits per heavy atom. The van der Waals surface area contributed by atoms with Crippen molar-refractivity contribution < 1.29 is 18.9 Å². The Balaban J connectivity index is 2.37. The average molecular weight is 340 g/mol. The highest BCUT2D eigenvalue weighted by Crippen LogP contribution is 2.40. The van der Waals surface area contributed by atoms with Gasteiger partial charge in [-0.3, -0.25) is 14.9 Å². The second-order valence-electron chi connectivity index (χ2n) is 5.60. The maximum Gasteiger partial charge on any atom is 0.273 e. The van der Waals surface area contributed by atoms with E-state index >= 15 is 0 Å². The molecular formula is C18H16N2O5. The maximum absolute atomic E-state index is 11.3. The van der Waals surface area contributed by atoms with Crippen molar-refractivity contribution in [1.29, 1.82) is 0 Å². The summed E-state index contributed by atoms with van der Waals surface area (Å²) < 4.78 is 11.0. The van der Waals surface area contributed by atoms with Gasteiger partial charge in [-0.25, -0.2) is 0 Å². The summed E-state index contributed by atoms with van der Waals surface area (Å²) in [5.41, 5.74) is 1.76. The predicted molar refractivity (Wildman–Crippen MR) is 93.7 cm³/mol. The molecule has 0 atom stereocenters. The summed E-state index contributed by atoms with van der Waals surface area (Å²) in [5, 5.41) is 11.8. The molecule has 7 heteroatoms. The van der Waals surface area contributed by atoms with Gasteiger partial charge in [0, 0.05) is 11.5 Å². The number of nitrogens with zero attached hydrogens (tertiary/aromatic N) is 1. The van der Waals surface area contributed by atoms with Gasteiger partial charge in [0.2, 0.25) is 0 Å². The van der Waals surface area contributed by atoms with E-state index < -0.39 is 4.92 Å². The molecule has 3 rings (SSSR count). The van der Waals surface area contributed by atoms with E-state index in [1.807, 2.05) is 6.92 Å². The van der Waals surface area contributed by atoms with Gasteiger partial charge in [-0.15, -0.1) is 0 Å². The fraction of sp³-hybridized carbons (Fsp3) is 0.167. The third-order valence-corrected chi connectivity index (χ3v) is 3.79. The molecule has 1 aromatic carbocycles. The van der Waals surface area contributed by atoms with Crippen molar-refractivity contribution in [1.82, 2.24) is 4.98 Å². The van der Waals surface area contributed by atoms with Gasteiger partial charge < -0.3 is 14.1 Å². The van der Waals surface area contributed by atoms with Crippen LogP contribution in [-0.2, 0) is 4.79 Å². The zero-order valence-electron chi connectivity index (χ0n) is 14.0. The third kappa shape index (κ3) is 3.03. The summed E-state index contributed by atoms with van der Waals surface area (Å²) >= 11 is 0. The number of nitro groups is 1. The lowest BCUT2D eigenvalue weighted by Gasteiger charge is -2.02. The van der Waals surface area contributed by atoms with Gasteiger partial charge in [0.25, 0.3) is 5.69 Å². The molecule has 2 heterocycles. The molecule has 0 aliphatic carbocycles. The first-order valence-corrected chi connectivity index (χ1v) is 7.54. The van der Waals surface area contributed by atoms with Crippen molar-refractivity contribution in [2.75, 3.05) is 7.11 Å². The molecule has 0 bridgehead atoms. The van der Waals surface area contributed by atoms with Gasteiger partial charge in [-0.2, -0.15) is 0 Å². The van der Waals surface area contributed by atoms with E-state index in [-0.39, 0.29) is 11.5 Å². The number of benzene rings is 1. The molecule has 128 valence electrons. The number of H-pyrrole nitrogens is 1. The van der Waals surface area contributed by atoms with Crippen LogP contribution in [0.5, 0.6) is 5.75 Å². The van der Waals surface area contributed by atoms with E-state index in [1.165, 1.54) is 32.2 Å². The normalized spacial score (nSPS) is 11.3. The Morgan fingerprint density at radius 1 is 1.36 bits per heavy atom. The Morgan fingerprint density at radius 3 is 2.68 bits per heavy atom. The van der Waals surface area contributed by atoms with Crippen LogP contribution in [0, 0.1) is 17.0 Å². The van der Waals surface area contributed by atoms with Gasteiger partial charge in [-0.1, -0.05) is 0 Å². The first-order chi connectivity index (χ1) is 11.9. The first-order valence-electron chi connectivity index (χ1n) is 7.54. The number of aromatic nitrogens is 1. The highest BCUT2D eigenvalue weighted by molar-refractivity contribution is 6.04. The summed E-state index contributed by atoms with van der Waals surface area (Å²) in [6.07, 6.45) is 3.05. The van der Waals surface area contributed by atoms with Crippen molar-refractivity contribution in [2.45, 2.75) is 13.8 Å². The summed E-state index contributed by atoms with van der Waals surface area (Å²) in [6, 6.07) is 6.41. The number of non-ortho nitro benzene ring substituents is 1. The molecule has 0 aliphatic rings. The van der Waals surface area contributed by atoms with E-state index in [9.17, 15) is 14.9 Å². The van der Waals surface area contributed by atoms with Crippen LogP contribution < -0.4 is 4.74 Å². The molecule has 0 spiro atoms. The second kappa shape index (κ2) is 6.27. The lowest BCUT2D eigenvalue weighted by Crippen LogP contribution is -1.91. The van der Waals surface area contributed by atoms with Crippen molar-refractivity contribution >= 4 is 28.4 Å². The van der Waals surface area contributed by atoms with Crippen LogP contribution in [0.25, 0.3) is 28.3 Å². The van der Waals surface area contributed by atoms with E-state index in [1.54, 1.807) is 18.2 Å². The fourth-order valence-corrected chi connectivity index (χ4v) is 2.70. The van der Waals surface area contributed by atoms with Crippen LogP contribution in [0.1, 0.15) is 18.4 Å². The number of allylic oxidation sites excluding steroid dienone is 1. The van der Waals surface area contributed by atoms with Crippen LogP contribution in [0.4, 0.5) is 5.69 Å². The number of aromatic amines is 1. The van der Waals surface area contributed by atoms with Crippen LogP contribution >= 0.6 is 0 Å². The summed E-state index contributed by atoms with van der Waals surface area (Å²) in [4.78, 5) is 25.2. The van der Waals surface area contributed by atoms with Crippen molar-refractivity contribution in [3.05, 3.63) is 51.9 Å². The molecule has 0 aliphatic heterocycles. The molecule has 0 unspecified atom stereocenters. The lowest BCUT2D eigenvalue weighted by molar-refractivity contribution is -0.384. The summed E-state index contributed by atoms with van der Waals surface area (Å²) in [6.45, 7) is 3.26. The number of fused-ring (bicyclic) bond motifs is 1. The number of ketones is 1. The van der Waals surface area contributed by atoms with Gasteiger partial charge in [-0.05, 0) is 38.1 Å². The Bertz CT molecular complexity index is 1010. The van der Waals surface area contributed by atoms with E-state index in [2.05, 4.69) is 4.98 Å². The van der Waals surface area contributed by atoms with Crippen LogP contribution in [0.2, 0.25) is 0 Å². The average Bonchev–Trinajstić information content (AvgIpc) is 3.14. The number of furan rings is 1. The maximum atomic E-state index is 11.3. The number of rotatable bonds is 5. The number of aryl methyl sites for hydroxylation is 1. The van der Waals surface area contributed by atoms with Gasteiger partial charge >= 0.3 is 0 Å². The molecular weight excluding hydrogens is 324 g/mol. The SMILES string of the molecule is COc1cc([N+](=O)[O-])cc2c(-c3ccc(C)o3)c(/C=C/C(C)=O)[nH]c12. The number of nitro benzene ring substituents is 1. The second-order valence-corrected chi connectivity index (χ2v) is 5.60. The molecule has 2 aromatic heterocycles. The molecule has 0 saturated heterocycles. The minimum absolute atomic E-state index is 0.0880. The van der Waals surface area contributed by atoms with Gasteiger partial charge in [0.15, 0.2) is 5.78 Å². The number of hydrogen-bond acceptors (Lipinski definition) is 5. The first kappa shape index (κ1) is 16.5. The highest BCUT2D eigenvalue weighted by atomic mass is 16.6. The van der Waals surface area contributed by atoms with Crippen molar-refractivity contribution in [3.8, 4) is 17.1 Å². The van der Waals surface area contributed by atoms with Crippen LogP contribution in [-0.4, -0.2) is 22.8 Å². The number of nitrogens with one attached hydrogen (secondary N) is 1. The molecule has 0 saturated carbocycles. The van der Waals surface area contributed by atoms with E-state index in [0.29, 0.717) is 39.4 Å². The number of hydrogen-bond donors (Lipinski definition) is 1. The number of carbonyl (C=O) groups excluding carboxylic acids is 1. The molecule has 0 amide bonds. The van der Waals surface area contributed by atoms with Gasteiger partial charge in [0.1, 0.15) is 17.3 Å². The third-order valence-electron chi connectivity index (χ3n) is 3.79. The Hall–Kier alpha value is -3.35. The van der Waals surface area contributed by atoms with Crippen molar-refractivity contribution in [3.63, 3.8) is 0 Å². The summed E-state index contributed by atoms with van der Waals surface area (Å²) in [5.74, 6) is 1.49. The lowest BCUT2D eigenvalue weighted by atomic mass is 10.1.